The van der Waals surface area contributed by atoms with Gasteiger partial charge in [-0.1, -0.05) is 34.1 Å². The molecule has 0 fully saturated rings. The number of nitrogens with zero attached hydrogens (tertiary/aromatic N) is 1. The summed E-state index contributed by atoms with van der Waals surface area (Å²) in [4.78, 5) is 14.0. The molecule has 0 spiro atoms. The Balaban J connectivity index is 3.82. The first-order valence-electron chi connectivity index (χ1n) is 7.62. The molecule has 0 radical (unpaired) electrons. The van der Waals surface area contributed by atoms with E-state index in [9.17, 15) is 4.79 Å². The van der Waals surface area contributed by atoms with E-state index in [2.05, 4.69) is 37.9 Å². The lowest BCUT2D eigenvalue weighted by atomic mass is 10.2. The van der Waals surface area contributed by atoms with Crippen molar-refractivity contribution in [3.05, 3.63) is 0 Å². The Hall–Kier alpha value is -0.570. The lowest BCUT2D eigenvalue weighted by Crippen LogP contribution is -2.33. The first kappa shape index (κ1) is 17.4. The number of unbranched alkanes of at least 4 members (excludes halogenated alkanes) is 2. The van der Waals surface area contributed by atoms with Crippen LogP contribution in [0.5, 0.6) is 0 Å². The summed E-state index contributed by atoms with van der Waals surface area (Å²) in [5.74, 6) is 0.336. The molecule has 0 aromatic heterocycles. The van der Waals surface area contributed by atoms with Crippen LogP contribution < -0.4 is 5.32 Å². The van der Waals surface area contributed by atoms with Crippen LogP contribution in [0.25, 0.3) is 0 Å². The van der Waals surface area contributed by atoms with Crippen LogP contribution in [-0.2, 0) is 4.79 Å². The minimum absolute atomic E-state index is 0.336. The Labute approximate surface area is 113 Å². The van der Waals surface area contributed by atoms with Gasteiger partial charge in [-0.05, 0) is 32.2 Å². The van der Waals surface area contributed by atoms with Crippen LogP contribution in [-0.4, -0.2) is 36.5 Å². The fraction of sp³-hybridized carbons (Fsp3) is 0.933. The number of amides is 1. The van der Waals surface area contributed by atoms with Crippen molar-refractivity contribution in [1.82, 2.24) is 10.2 Å². The summed E-state index contributed by atoms with van der Waals surface area (Å²) in [6, 6.07) is 0.558. The fourth-order valence-electron chi connectivity index (χ4n) is 1.90. The molecule has 1 amide bonds. The van der Waals surface area contributed by atoms with Gasteiger partial charge >= 0.3 is 0 Å². The van der Waals surface area contributed by atoms with E-state index in [0.717, 1.165) is 51.7 Å². The second-order valence-electron chi connectivity index (χ2n) is 5.30. The summed E-state index contributed by atoms with van der Waals surface area (Å²) in [6.45, 7) is 11.5. The molecule has 0 aliphatic carbocycles. The van der Waals surface area contributed by atoms with Crippen LogP contribution in [0.4, 0.5) is 0 Å². The number of carbonyl (C=O) groups is 1. The van der Waals surface area contributed by atoms with E-state index < -0.39 is 0 Å². The van der Waals surface area contributed by atoms with E-state index in [-0.39, 0.29) is 0 Å². The molecule has 0 rings (SSSR count). The van der Waals surface area contributed by atoms with Crippen LogP contribution in [0.3, 0.4) is 0 Å². The highest BCUT2D eigenvalue weighted by Gasteiger charge is 2.11. The van der Waals surface area contributed by atoms with Gasteiger partial charge in [0.2, 0.25) is 5.91 Å². The zero-order chi connectivity index (χ0) is 13.8. The minimum atomic E-state index is 0.336. The van der Waals surface area contributed by atoms with Gasteiger partial charge in [-0.3, -0.25) is 4.79 Å². The molecule has 0 atom stereocenters. The Morgan fingerprint density at radius 1 is 1.06 bits per heavy atom. The van der Waals surface area contributed by atoms with Gasteiger partial charge in [-0.2, -0.15) is 0 Å². The number of nitrogens with one attached hydrogen (secondary N) is 1. The van der Waals surface area contributed by atoms with E-state index in [1.165, 1.54) is 0 Å². The second-order valence-corrected chi connectivity index (χ2v) is 5.30. The molecule has 1 N–H and O–H groups in total. The average Bonchev–Trinajstić information content (AvgIpc) is 2.32. The Kier molecular flexibility index (Phi) is 11.2. The third kappa shape index (κ3) is 9.46. The van der Waals surface area contributed by atoms with Gasteiger partial charge in [-0.15, -0.1) is 0 Å². The summed E-state index contributed by atoms with van der Waals surface area (Å²) in [7, 11) is 0. The van der Waals surface area contributed by atoms with E-state index in [4.69, 9.17) is 0 Å². The van der Waals surface area contributed by atoms with Crippen molar-refractivity contribution < 1.29 is 4.79 Å². The molecule has 18 heavy (non-hydrogen) atoms. The first-order valence-corrected chi connectivity index (χ1v) is 7.62. The molecular formula is C15H32N2O. The third-order valence-corrected chi connectivity index (χ3v) is 3.01. The van der Waals surface area contributed by atoms with Crippen molar-refractivity contribution in [1.29, 1.82) is 0 Å². The molecule has 0 saturated carbocycles. The summed E-state index contributed by atoms with van der Waals surface area (Å²) in [5, 5.41) is 3.41. The maximum Gasteiger partial charge on any atom is 0.222 e. The molecule has 0 aromatic rings. The molecule has 3 heteroatoms. The predicted octanol–water partition coefficient (Wildman–Crippen LogP) is 3.19. The zero-order valence-electron chi connectivity index (χ0n) is 12.8. The fourth-order valence-corrected chi connectivity index (χ4v) is 1.90. The Morgan fingerprint density at radius 3 is 2.28 bits per heavy atom. The Bertz CT molecular complexity index is 205. The SMILES string of the molecule is CCCCN(CCCCNC(C)C)C(=O)CCC. The monoisotopic (exact) mass is 256 g/mol. The van der Waals surface area contributed by atoms with Gasteiger partial charge in [0.05, 0.1) is 0 Å². The van der Waals surface area contributed by atoms with Gasteiger partial charge in [0.25, 0.3) is 0 Å². The van der Waals surface area contributed by atoms with Gasteiger partial charge in [0.15, 0.2) is 0 Å². The van der Waals surface area contributed by atoms with Crippen molar-refractivity contribution in [3.8, 4) is 0 Å². The molecule has 0 aliphatic rings. The first-order chi connectivity index (χ1) is 8.61. The maximum atomic E-state index is 11.9. The van der Waals surface area contributed by atoms with Gasteiger partial charge in [0, 0.05) is 25.6 Å². The van der Waals surface area contributed by atoms with E-state index in [1.807, 2.05) is 0 Å². The number of hydrogen-bond donors (Lipinski definition) is 1. The number of carbonyl (C=O) groups excluding carboxylic acids is 1. The highest BCUT2D eigenvalue weighted by molar-refractivity contribution is 5.76. The van der Waals surface area contributed by atoms with Crippen molar-refractivity contribution in [2.45, 2.75) is 72.3 Å². The number of rotatable bonds is 11. The standard InChI is InChI=1S/C15H32N2O/c1-5-7-12-17(15(18)10-6-2)13-9-8-11-16-14(3)4/h14,16H,5-13H2,1-4H3. The van der Waals surface area contributed by atoms with Crippen molar-refractivity contribution in [2.75, 3.05) is 19.6 Å². The second kappa shape index (κ2) is 11.5. The number of hydrogen-bond acceptors (Lipinski definition) is 2. The molecule has 0 saturated heterocycles. The molecule has 0 heterocycles. The molecule has 0 aromatic carbocycles. The molecular weight excluding hydrogens is 224 g/mol. The predicted molar refractivity (Wildman–Crippen MR) is 78.8 cm³/mol. The van der Waals surface area contributed by atoms with Crippen molar-refractivity contribution in [2.24, 2.45) is 0 Å². The van der Waals surface area contributed by atoms with Crippen molar-refractivity contribution >= 4 is 5.91 Å². The summed E-state index contributed by atoms with van der Waals surface area (Å²) < 4.78 is 0. The van der Waals surface area contributed by atoms with E-state index in [1.54, 1.807) is 0 Å². The summed E-state index contributed by atoms with van der Waals surface area (Å²) >= 11 is 0. The van der Waals surface area contributed by atoms with Crippen LogP contribution in [0.15, 0.2) is 0 Å². The third-order valence-electron chi connectivity index (χ3n) is 3.01. The van der Waals surface area contributed by atoms with E-state index >= 15 is 0 Å². The molecule has 0 unspecified atom stereocenters. The normalized spacial score (nSPS) is 10.9. The smallest absolute Gasteiger partial charge is 0.222 e. The van der Waals surface area contributed by atoms with Crippen LogP contribution in [0, 0.1) is 0 Å². The quantitative estimate of drug-likeness (QED) is 0.576. The van der Waals surface area contributed by atoms with Crippen LogP contribution in [0.2, 0.25) is 0 Å². The summed E-state index contributed by atoms with van der Waals surface area (Å²) in [6.07, 6.45) is 6.20. The molecule has 108 valence electrons. The van der Waals surface area contributed by atoms with Gasteiger partial charge < -0.3 is 10.2 Å². The minimum Gasteiger partial charge on any atom is -0.343 e. The molecule has 3 nitrogen and oxygen atoms in total. The molecule has 0 aliphatic heterocycles. The molecule has 0 bridgehead atoms. The maximum absolute atomic E-state index is 11.9. The van der Waals surface area contributed by atoms with Crippen LogP contribution >= 0.6 is 0 Å². The highest BCUT2D eigenvalue weighted by Crippen LogP contribution is 2.03. The van der Waals surface area contributed by atoms with Gasteiger partial charge in [0.1, 0.15) is 0 Å². The largest absolute Gasteiger partial charge is 0.343 e. The van der Waals surface area contributed by atoms with Crippen molar-refractivity contribution in [3.63, 3.8) is 0 Å². The highest BCUT2D eigenvalue weighted by atomic mass is 16.2. The topological polar surface area (TPSA) is 32.3 Å². The van der Waals surface area contributed by atoms with E-state index in [0.29, 0.717) is 18.4 Å². The Morgan fingerprint density at radius 2 is 1.72 bits per heavy atom. The average molecular weight is 256 g/mol. The lowest BCUT2D eigenvalue weighted by Gasteiger charge is -2.22. The summed E-state index contributed by atoms with van der Waals surface area (Å²) in [5.41, 5.74) is 0. The van der Waals surface area contributed by atoms with Crippen LogP contribution in [0.1, 0.15) is 66.2 Å². The zero-order valence-corrected chi connectivity index (χ0v) is 12.8. The van der Waals surface area contributed by atoms with Gasteiger partial charge in [-0.25, -0.2) is 0 Å². The lowest BCUT2D eigenvalue weighted by molar-refractivity contribution is -0.131.